The van der Waals surface area contributed by atoms with Crippen LogP contribution in [0.15, 0.2) is 65.6 Å². The highest BCUT2D eigenvalue weighted by Gasteiger charge is 2.37. The maximum Gasteiger partial charge on any atom is 0.294 e. The fourth-order valence-electron chi connectivity index (χ4n) is 4.13. The smallest absolute Gasteiger partial charge is 0.294 e. The van der Waals surface area contributed by atoms with E-state index >= 15 is 0 Å². The maximum absolute atomic E-state index is 12.9. The summed E-state index contributed by atoms with van der Waals surface area (Å²) in [5.41, 5.74) is 1.88. The van der Waals surface area contributed by atoms with Crippen LogP contribution < -0.4 is 4.74 Å². The number of hydrogen-bond acceptors (Lipinski definition) is 6. The second-order valence-corrected chi connectivity index (χ2v) is 10.5. The third-order valence-corrected chi connectivity index (χ3v) is 7.80. The van der Waals surface area contributed by atoms with Crippen LogP contribution in [0.1, 0.15) is 11.1 Å². The van der Waals surface area contributed by atoms with E-state index in [1.807, 2.05) is 36.4 Å². The van der Waals surface area contributed by atoms with E-state index in [4.69, 9.17) is 9.47 Å². The molecule has 0 N–H and O–H groups in total. The Labute approximate surface area is 226 Å². The summed E-state index contributed by atoms with van der Waals surface area (Å²) in [4.78, 5) is 40.7. The van der Waals surface area contributed by atoms with Crippen LogP contribution in [0, 0.1) is 3.57 Å². The molecule has 7 nitrogen and oxygen atoms in total. The molecule has 3 aromatic rings. The molecule has 9 heteroatoms. The molecule has 2 heterocycles. The Bertz CT molecular complexity index is 1360. The second-order valence-electron chi connectivity index (χ2n) is 8.38. The van der Waals surface area contributed by atoms with E-state index in [1.54, 1.807) is 11.0 Å². The van der Waals surface area contributed by atoms with E-state index in [0.717, 1.165) is 42.5 Å². The van der Waals surface area contributed by atoms with E-state index in [1.165, 1.54) is 5.39 Å². The molecule has 2 saturated heterocycles. The summed E-state index contributed by atoms with van der Waals surface area (Å²) < 4.78 is 12.2. The molecule has 0 unspecified atom stereocenters. The Kier molecular flexibility index (Phi) is 7.59. The molecule has 0 atom stereocenters. The largest absolute Gasteiger partial charge is 0.488 e. The number of morpholine rings is 1. The normalized spacial score (nSPS) is 17.3. The highest BCUT2D eigenvalue weighted by Crippen LogP contribution is 2.33. The number of ether oxygens (including phenoxy) is 2. The summed E-state index contributed by atoms with van der Waals surface area (Å²) in [6.45, 7) is 2.06. The number of carbonyl (C=O) groups excluding carboxylic acids is 3. The summed E-state index contributed by atoms with van der Waals surface area (Å²) in [6, 6.07) is 20.0. The molecular weight excluding hydrogens is 591 g/mol. The topological polar surface area (TPSA) is 76.2 Å². The highest BCUT2D eigenvalue weighted by atomic mass is 127. The fraction of sp³-hybridized carbons (Fsp3) is 0.222. The number of fused-ring (bicyclic) bond motifs is 1. The van der Waals surface area contributed by atoms with Crippen LogP contribution in [0.2, 0.25) is 0 Å². The van der Waals surface area contributed by atoms with Crippen molar-refractivity contribution in [2.45, 2.75) is 6.61 Å². The van der Waals surface area contributed by atoms with Gasteiger partial charge in [-0.3, -0.25) is 19.3 Å². The predicted octanol–water partition coefficient (Wildman–Crippen LogP) is 4.92. The van der Waals surface area contributed by atoms with Gasteiger partial charge in [-0.05, 0) is 74.5 Å². The van der Waals surface area contributed by atoms with Crippen molar-refractivity contribution in [3.05, 3.63) is 80.3 Å². The third kappa shape index (κ3) is 5.42. The Hall–Kier alpha value is -2.89. The lowest BCUT2D eigenvalue weighted by Crippen LogP contribution is -2.46. The van der Waals surface area contributed by atoms with Gasteiger partial charge < -0.3 is 14.4 Å². The van der Waals surface area contributed by atoms with Crippen LogP contribution >= 0.6 is 34.4 Å². The first-order valence-corrected chi connectivity index (χ1v) is 13.4. The zero-order chi connectivity index (χ0) is 25.1. The summed E-state index contributed by atoms with van der Waals surface area (Å²) in [5.74, 6) is 0.0480. The lowest BCUT2D eigenvalue weighted by Gasteiger charge is -2.28. The zero-order valence-corrected chi connectivity index (χ0v) is 22.3. The first kappa shape index (κ1) is 24.8. The third-order valence-electron chi connectivity index (χ3n) is 6.05. The van der Waals surface area contributed by atoms with Gasteiger partial charge in [-0.25, -0.2) is 0 Å². The minimum Gasteiger partial charge on any atom is -0.488 e. The highest BCUT2D eigenvalue weighted by molar-refractivity contribution is 14.1. The van der Waals surface area contributed by atoms with Gasteiger partial charge in [0, 0.05) is 13.1 Å². The van der Waals surface area contributed by atoms with E-state index in [-0.39, 0.29) is 12.5 Å². The van der Waals surface area contributed by atoms with Gasteiger partial charge in [0.05, 0.1) is 21.7 Å². The summed E-state index contributed by atoms with van der Waals surface area (Å²) in [6.07, 6.45) is 1.68. The van der Waals surface area contributed by atoms with Crippen LogP contribution in [-0.2, 0) is 20.9 Å². The van der Waals surface area contributed by atoms with Gasteiger partial charge in [-0.15, -0.1) is 0 Å². The lowest BCUT2D eigenvalue weighted by atomic mass is 10.1. The number of carbonyl (C=O) groups is 3. The molecule has 184 valence electrons. The summed E-state index contributed by atoms with van der Waals surface area (Å²) >= 11 is 3.06. The first-order chi connectivity index (χ1) is 17.5. The number of benzene rings is 3. The summed E-state index contributed by atoms with van der Waals surface area (Å²) in [7, 11) is 0. The molecule has 3 aromatic carbocycles. The standard InChI is InChI=1S/C27H23IN2O5S/c28-22-14-18(8-9-23(22)35-17-20-6-3-5-19-4-1-2-7-21(19)20)15-24-26(32)30(27(33)36-24)16-25(31)29-10-12-34-13-11-29/h1-9,14-15H,10-13,16-17H2/b24-15+. The number of thioether (sulfide) groups is 1. The molecule has 0 aromatic heterocycles. The van der Waals surface area contributed by atoms with Crippen molar-refractivity contribution in [3.8, 4) is 5.75 Å². The molecule has 3 amide bonds. The average molecular weight is 614 g/mol. The minimum absolute atomic E-state index is 0.246. The SMILES string of the molecule is O=C(CN1C(=O)S/C(=C/c2ccc(OCc3cccc4ccccc34)c(I)c2)C1=O)N1CCOCC1. The molecule has 2 fully saturated rings. The van der Waals surface area contributed by atoms with E-state index in [9.17, 15) is 14.4 Å². The van der Waals surface area contributed by atoms with Gasteiger partial charge in [-0.1, -0.05) is 48.5 Å². The van der Waals surface area contributed by atoms with Crippen LogP contribution in [0.3, 0.4) is 0 Å². The van der Waals surface area contributed by atoms with Crippen molar-refractivity contribution in [2.24, 2.45) is 0 Å². The molecule has 0 spiro atoms. The fourth-order valence-corrected chi connectivity index (χ4v) is 5.67. The van der Waals surface area contributed by atoms with Crippen LogP contribution in [-0.4, -0.2) is 59.7 Å². The average Bonchev–Trinajstić information content (AvgIpc) is 3.16. The molecular formula is C27H23IN2O5S. The van der Waals surface area contributed by atoms with Crippen molar-refractivity contribution in [2.75, 3.05) is 32.8 Å². The number of amides is 3. The zero-order valence-electron chi connectivity index (χ0n) is 19.3. The Morgan fingerprint density at radius 3 is 2.64 bits per heavy atom. The molecule has 36 heavy (non-hydrogen) atoms. The number of imide groups is 1. The van der Waals surface area contributed by atoms with Crippen molar-refractivity contribution < 1.29 is 23.9 Å². The number of hydrogen-bond donors (Lipinski definition) is 0. The molecule has 0 aliphatic carbocycles. The first-order valence-electron chi connectivity index (χ1n) is 11.5. The van der Waals surface area contributed by atoms with Crippen LogP contribution in [0.5, 0.6) is 5.75 Å². The Morgan fingerprint density at radius 2 is 1.83 bits per heavy atom. The van der Waals surface area contributed by atoms with Crippen molar-refractivity contribution >= 4 is 68.3 Å². The van der Waals surface area contributed by atoms with Gasteiger partial charge in [-0.2, -0.15) is 0 Å². The minimum atomic E-state index is -0.446. The van der Waals surface area contributed by atoms with Gasteiger partial charge in [0.25, 0.3) is 11.1 Å². The van der Waals surface area contributed by atoms with Crippen molar-refractivity contribution in [1.29, 1.82) is 0 Å². The molecule has 2 aliphatic rings. The van der Waals surface area contributed by atoms with E-state index in [2.05, 4.69) is 46.9 Å². The molecule has 0 radical (unpaired) electrons. The van der Waals surface area contributed by atoms with Crippen molar-refractivity contribution in [3.63, 3.8) is 0 Å². The number of halogens is 1. The van der Waals surface area contributed by atoms with Crippen LogP contribution in [0.25, 0.3) is 16.8 Å². The predicted molar refractivity (Wildman–Crippen MR) is 148 cm³/mol. The molecule has 0 saturated carbocycles. The van der Waals surface area contributed by atoms with E-state index in [0.29, 0.717) is 37.8 Å². The molecule has 0 bridgehead atoms. The van der Waals surface area contributed by atoms with Crippen LogP contribution in [0.4, 0.5) is 4.79 Å². The van der Waals surface area contributed by atoms with Crippen molar-refractivity contribution in [1.82, 2.24) is 9.80 Å². The van der Waals surface area contributed by atoms with Gasteiger partial charge in [0.15, 0.2) is 0 Å². The monoisotopic (exact) mass is 614 g/mol. The summed E-state index contributed by atoms with van der Waals surface area (Å²) in [5, 5.41) is 1.90. The molecule has 5 rings (SSSR count). The molecule has 2 aliphatic heterocycles. The Morgan fingerprint density at radius 1 is 1.06 bits per heavy atom. The number of rotatable bonds is 6. The maximum atomic E-state index is 12.9. The lowest BCUT2D eigenvalue weighted by molar-refractivity contribution is -0.139. The van der Waals surface area contributed by atoms with Gasteiger partial charge in [0.2, 0.25) is 5.91 Å². The quantitative estimate of drug-likeness (QED) is 0.290. The number of nitrogens with zero attached hydrogens (tertiary/aromatic N) is 2. The Balaban J connectivity index is 1.25. The van der Waals surface area contributed by atoms with Gasteiger partial charge in [0.1, 0.15) is 18.9 Å². The second kappa shape index (κ2) is 11.0. The van der Waals surface area contributed by atoms with Gasteiger partial charge >= 0.3 is 0 Å². The van der Waals surface area contributed by atoms with E-state index < -0.39 is 11.1 Å².